The van der Waals surface area contributed by atoms with Gasteiger partial charge in [-0.05, 0) is 43.2 Å². The maximum absolute atomic E-state index is 12.0. The van der Waals surface area contributed by atoms with Crippen molar-refractivity contribution in [2.45, 2.75) is 20.3 Å². The highest BCUT2D eigenvalue weighted by molar-refractivity contribution is 7.09. The van der Waals surface area contributed by atoms with Gasteiger partial charge in [0.2, 0.25) is 0 Å². The number of nitrogens with one attached hydrogen (secondary N) is 1. The second-order valence-electron chi connectivity index (χ2n) is 5.66. The summed E-state index contributed by atoms with van der Waals surface area (Å²) in [5, 5.41) is 5.90. The van der Waals surface area contributed by atoms with E-state index in [-0.39, 0.29) is 12.5 Å². The Bertz CT molecular complexity index is 839. The van der Waals surface area contributed by atoms with E-state index in [9.17, 15) is 4.79 Å². The summed E-state index contributed by atoms with van der Waals surface area (Å²) in [5.41, 5.74) is 3.98. The third kappa shape index (κ3) is 4.67. The van der Waals surface area contributed by atoms with Crippen molar-refractivity contribution in [3.05, 3.63) is 64.5 Å². The normalized spacial score (nSPS) is 10.5. The molecule has 1 N–H and O–H groups in total. The van der Waals surface area contributed by atoms with E-state index in [1.807, 2.05) is 60.8 Å². The van der Waals surface area contributed by atoms with E-state index in [1.54, 1.807) is 11.3 Å². The minimum Gasteiger partial charge on any atom is -0.484 e. The Labute approximate surface area is 151 Å². The third-order valence-corrected chi connectivity index (χ3v) is 4.56. The second-order valence-corrected chi connectivity index (χ2v) is 6.73. The van der Waals surface area contributed by atoms with Crippen LogP contribution in [0.2, 0.25) is 0 Å². The standard InChI is InChI=1S/C20H20N2O2S/c1-3-15-4-10-18(11-5-15)24-12-20(23)22-17-8-6-16(7-9-17)19-13-25-14(2)21-19/h4-11,13H,3,12H2,1-2H3,(H,22,23). The van der Waals surface area contributed by atoms with E-state index in [4.69, 9.17) is 4.74 Å². The van der Waals surface area contributed by atoms with Crippen LogP contribution in [0.15, 0.2) is 53.9 Å². The average Bonchev–Trinajstić information content (AvgIpc) is 3.07. The lowest BCUT2D eigenvalue weighted by atomic mass is 10.1. The number of aryl methyl sites for hydroxylation is 2. The van der Waals surface area contributed by atoms with Gasteiger partial charge in [-0.25, -0.2) is 4.98 Å². The molecule has 0 radical (unpaired) electrons. The first kappa shape index (κ1) is 17.2. The third-order valence-electron chi connectivity index (χ3n) is 3.78. The van der Waals surface area contributed by atoms with Crippen molar-refractivity contribution in [1.29, 1.82) is 0 Å². The first-order valence-corrected chi connectivity index (χ1v) is 9.06. The number of hydrogen-bond acceptors (Lipinski definition) is 4. The summed E-state index contributed by atoms with van der Waals surface area (Å²) >= 11 is 1.62. The van der Waals surface area contributed by atoms with Gasteiger partial charge in [-0.2, -0.15) is 0 Å². The molecule has 0 saturated heterocycles. The molecule has 0 aliphatic rings. The number of carbonyl (C=O) groups is 1. The Hall–Kier alpha value is -2.66. The first-order chi connectivity index (χ1) is 12.1. The number of nitrogens with zero attached hydrogens (tertiary/aromatic N) is 1. The van der Waals surface area contributed by atoms with Crippen LogP contribution in [0.3, 0.4) is 0 Å². The number of hydrogen-bond donors (Lipinski definition) is 1. The van der Waals surface area contributed by atoms with Gasteiger partial charge in [0.05, 0.1) is 10.7 Å². The summed E-state index contributed by atoms with van der Waals surface area (Å²) < 4.78 is 5.51. The number of anilines is 1. The molecule has 1 heterocycles. The maximum Gasteiger partial charge on any atom is 0.262 e. The maximum atomic E-state index is 12.0. The summed E-state index contributed by atoms with van der Waals surface area (Å²) in [6.07, 6.45) is 0.983. The van der Waals surface area contributed by atoms with E-state index in [1.165, 1.54) is 5.56 Å². The number of benzene rings is 2. The van der Waals surface area contributed by atoms with Gasteiger partial charge in [-0.15, -0.1) is 11.3 Å². The van der Waals surface area contributed by atoms with Gasteiger partial charge >= 0.3 is 0 Å². The fourth-order valence-corrected chi connectivity index (χ4v) is 3.01. The molecule has 5 heteroatoms. The zero-order valence-corrected chi connectivity index (χ0v) is 15.1. The van der Waals surface area contributed by atoms with E-state index >= 15 is 0 Å². The number of rotatable bonds is 6. The van der Waals surface area contributed by atoms with Crippen LogP contribution in [0, 0.1) is 6.92 Å². The van der Waals surface area contributed by atoms with Crippen molar-refractivity contribution in [1.82, 2.24) is 4.98 Å². The zero-order chi connectivity index (χ0) is 17.6. The van der Waals surface area contributed by atoms with Crippen LogP contribution >= 0.6 is 11.3 Å². The van der Waals surface area contributed by atoms with Crippen molar-refractivity contribution in [3.63, 3.8) is 0 Å². The molecule has 0 unspecified atom stereocenters. The monoisotopic (exact) mass is 352 g/mol. The Morgan fingerprint density at radius 1 is 1.12 bits per heavy atom. The van der Waals surface area contributed by atoms with Crippen LogP contribution in [0.1, 0.15) is 17.5 Å². The number of ether oxygens (including phenoxy) is 1. The lowest BCUT2D eigenvalue weighted by molar-refractivity contribution is -0.118. The molecule has 4 nitrogen and oxygen atoms in total. The molecule has 0 saturated carbocycles. The van der Waals surface area contributed by atoms with E-state index in [0.29, 0.717) is 5.75 Å². The fraction of sp³-hybridized carbons (Fsp3) is 0.200. The summed E-state index contributed by atoms with van der Waals surface area (Å²) in [6, 6.07) is 15.4. The van der Waals surface area contributed by atoms with E-state index in [0.717, 1.165) is 28.4 Å². The molecule has 2 aromatic carbocycles. The quantitative estimate of drug-likeness (QED) is 0.700. The van der Waals surface area contributed by atoms with Gasteiger partial charge in [-0.1, -0.05) is 31.2 Å². The molecule has 0 aliphatic heterocycles. The summed E-state index contributed by atoms with van der Waals surface area (Å²) in [6.45, 7) is 4.07. The van der Waals surface area contributed by atoms with Gasteiger partial charge in [0, 0.05) is 16.6 Å². The van der Waals surface area contributed by atoms with E-state index < -0.39 is 0 Å². The number of thiazole rings is 1. The van der Waals surface area contributed by atoms with Crippen LogP contribution in [0.25, 0.3) is 11.3 Å². The van der Waals surface area contributed by atoms with Crippen LogP contribution in [-0.2, 0) is 11.2 Å². The number of aromatic nitrogens is 1. The van der Waals surface area contributed by atoms with Gasteiger partial charge in [0.1, 0.15) is 5.75 Å². The molecule has 3 aromatic rings. The first-order valence-electron chi connectivity index (χ1n) is 8.18. The molecular formula is C20H20N2O2S. The Balaban J connectivity index is 1.53. The molecule has 128 valence electrons. The Morgan fingerprint density at radius 2 is 1.84 bits per heavy atom. The highest BCUT2D eigenvalue weighted by Gasteiger charge is 2.06. The minimum atomic E-state index is -0.183. The largest absolute Gasteiger partial charge is 0.484 e. The zero-order valence-electron chi connectivity index (χ0n) is 14.3. The smallest absolute Gasteiger partial charge is 0.262 e. The molecule has 1 aromatic heterocycles. The highest BCUT2D eigenvalue weighted by Crippen LogP contribution is 2.23. The van der Waals surface area contributed by atoms with Crippen molar-refractivity contribution in [3.8, 4) is 17.0 Å². The van der Waals surface area contributed by atoms with Crippen LogP contribution in [0.5, 0.6) is 5.75 Å². The van der Waals surface area contributed by atoms with Crippen molar-refractivity contribution in [2.24, 2.45) is 0 Å². The van der Waals surface area contributed by atoms with Crippen LogP contribution in [-0.4, -0.2) is 17.5 Å². The van der Waals surface area contributed by atoms with Crippen molar-refractivity contribution < 1.29 is 9.53 Å². The molecule has 0 bridgehead atoms. The summed E-state index contributed by atoms with van der Waals surface area (Å²) in [7, 11) is 0. The molecule has 0 fully saturated rings. The molecule has 25 heavy (non-hydrogen) atoms. The molecule has 0 atom stereocenters. The number of amides is 1. The molecule has 3 rings (SSSR count). The van der Waals surface area contributed by atoms with Gasteiger partial charge in [-0.3, -0.25) is 4.79 Å². The summed E-state index contributed by atoms with van der Waals surface area (Å²) in [4.78, 5) is 16.5. The lowest BCUT2D eigenvalue weighted by Gasteiger charge is -2.08. The van der Waals surface area contributed by atoms with Gasteiger partial charge < -0.3 is 10.1 Å². The predicted octanol–water partition coefficient (Wildman–Crippen LogP) is 4.70. The topological polar surface area (TPSA) is 51.2 Å². The van der Waals surface area contributed by atoms with Gasteiger partial charge in [0.25, 0.3) is 5.91 Å². The van der Waals surface area contributed by atoms with Crippen LogP contribution < -0.4 is 10.1 Å². The molecule has 0 aliphatic carbocycles. The van der Waals surface area contributed by atoms with Gasteiger partial charge in [0.15, 0.2) is 6.61 Å². The average molecular weight is 352 g/mol. The molecular weight excluding hydrogens is 332 g/mol. The van der Waals surface area contributed by atoms with E-state index in [2.05, 4.69) is 17.2 Å². The van der Waals surface area contributed by atoms with Crippen molar-refractivity contribution in [2.75, 3.05) is 11.9 Å². The van der Waals surface area contributed by atoms with Crippen LogP contribution in [0.4, 0.5) is 5.69 Å². The summed E-state index contributed by atoms with van der Waals surface area (Å²) in [5.74, 6) is 0.512. The number of carbonyl (C=O) groups excluding carboxylic acids is 1. The predicted molar refractivity (Wildman–Crippen MR) is 102 cm³/mol. The highest BCUT2D eigenvalue weighted by atomic mass is 32.1. The minimum absolute atomic E-state index is 0.0154. The Morgan fingerprint density at radius 3 is 2.44 bits per heavy atom. The molecule has 1 amide bonds. The fourth-order valence-electron chi connectivity index (χ4n) is 2.39. The lowest BCUT2D eigenvalue weighted by Crippen LogP contribution is -2.20. The second kappa shape index (κ2) is 7.94. The SMILES string of the molecule is CCc1ccc(OCC(=O)Nc2ccc(-c3csc(C)n3)cc2)cc1. The Kier molecular flexibility index (Phi) is 5.46. The van der Waals surface area contributed by atoms with Crippen molar-refractivity contribution >= 4 is 22.9 Å². The molecule has 0 spiro atoms.